The van der Waals surface area contributed by atoms with Gasteiger partial charge in [0, 0.05) is 10.0 Å². The Hall–Kier alpha value is -2.16. The van der Waals surface area contributed by atoms with E-state index in [-0.39, 0.29) is 4.32 Å². The maximum absolute atomic E-state index is 13.0. The summed E-state index contributed by atoms with van der Waals surface area (Å²) in [7, 11) is 0. The molecule has 2 aromatic carbocycles. The Kier molecular flexibility index (Phi) is 6.53. The summed E-state index contributed by atoms with van der Waals surface area (Å²) in [5.41, 5.74) is 1.20. The number of carbonyl (C=O) groups is 2. The molecule has 1 fully saturated rings. The molecule has 2 aromatic rings. The third kappa shape index (κ3) is 4.29. The van der Waals surface area contributed by atoms with Gasteiger partial charge in [-0.3, -0.25) is 9.69 Å². The van der Waals surface area contributed by atoms with Crippen LogP contribution in [0.5, 0.6) is 5.75 Å². The number of carboxylic acids is 1. The summed E-state index contributed by atoms with van der Waals surface area (Å²) in [6.45, 7) is 2.36. The van der Waals surface area contributed by atoms with Crippen LogP contribution in [0.25, 0.3) is 6.08 Å². The van der Waals surface area contributed by atoms with Gasteiger partial charge < -0.3 is 9.84 Å². The van der Waals surface area contributed by atoms with Crippen molar-refractivity contribution >= 4 is 62.2 Å². The number of hydrogen-bond acceptors (Lipinski definition) is 5. The van der Waals surface area contributed by atoms with Crippen molar-refractivity contribution in [2.45, 2.75) is 13.0 Å². The molecular formula is C20H16BrNO4S2. The number of amides is 1. The van der Waals surface area contributed by atoms with Crippen molar-refractivity contribution in [2.75, 3.05) is 6.61 Å². The van der Waals surface area contributed by atoms with E-state index in [4.69, 9.17) is 17.0 Å². The van der Waals surface area contributed by atoms with Gasteiger partial charge in [0.05, 0.1) is 11.5 Å². The Labute approximate surface area is 180 Å². The summed E-state index contributed by atoms with van der Waals surface area (Å²) in [6.07, 6.45) is 1.68. The third-order valence-electron chi connectivity index (χ3n) is 3.99. The Morgan fingerprint density at radius 2 is 2.04 bits per heavy atom. The van der Waals surface area contributed by atoms with Crippen molar-refractivity contribution in [3.63, 3.8) is 0 Å². The predicted octanol–water partition coefficient (Wildman–Crippen LogP) is 4.87. The lowest BCUT2D eigenvalue weighted by molar-refractivity contribution is -0.145. The summed E-state index contributed by atoms with van der Waals surface area (Å²) >= 11 is 9.84. The summed E-state index contributed by atoms with van der Waals surface area (Å²) in [5, 5.41) is 9.74. The van der Waals surface area contributed by atoms with Gasteiger partial charge in [-0.1, -0.05) is 70.2 Å². The molecule has 1 N–H and O–H groups in total. The molecular weight excluding hydrogens is 462 g/mol. The van der Waals surface area contributed by atoms with E-state index in [1.165, 1.54) is 0 Å². The van der Waals surface area contributed by atoms with E-state index in [1.54, 1.807) is 36.4 Å². The first kappa shape index (κ1) is 20.6. The molecule has 0 aromatic heterocycles. The van der Waals surface area contributed by atoms with Crippen LogP contribution in [-0.4, -0.2) is 32.8 Å². The molecule has 1 aliphatic heterocycles. The second kappa shape index (κ2) is 8.89. The van der Waals surface area contributed by atoms with E-state index in [1.807, 2.05) is 25.1 Å². The fourth-order valence-corrected chi connectivity index (χ4v) is 4.48. The Morgan fingerprint density at radius 3 is 2.68 bits per heavy atom. The average molecular weight is 478 g/mol. The van der Waals surface area contributed by atoms with Gasteiger partial charge in [0.25, 0.3) is 5.91 Å². The normalized spacial score (nSPS) is 16.5. The van der Waals surface area contributed by atoms with Crippen LogP contribution in [0.4, 0.5) is 0 Å². The predicted molar refractivity (Wildman–Crippen MR) is 117 cm³/mol. The van der Waals surface area contributed by atoms with Crippen LogP contribution in [0, 0.1) is 0 Å². The molecule has 0 aliphatic carbocycles. The molecule has 0 radical (unpaired) electrons. The van der Waals surface area contributed by atoms with E-state index < -0.39 is 17.9 Å². The Balaban J connectivity index is 1.99. The molecule has 8 heteroatoms. The zero-order chi connectivity index (χ0) is 20.3. The first-order chi connectivity index (χ1) is 13.4. The number of ether oxygens (including phenoxy) is 1. The van der Waals surface area contributed by atoms with Gasteiger partial charge in [0.2, 0.25) is 0 Å². The Morgan fingerprint density at radius 1 is 1.32 bits per heavy atom. The molecule has 1 atom stereocenters. The SMILES string of the molecule is CCOc1ccc(Br)cc1/C=C1/SC(=S)N(C(C(=O)O)c2ccccc2)C1=O. The lowest BCUT2D eigenvalue weighted by Crippen LogP contribution is -2.37. The topological polar surface area (TPSA) is 66.8 Å². The van der Waals surface area contributed by atoms with Gasteiger partial charge in [-0.05, 0) is 36.8 Å². The zero-order valence-electron chi connectivity index (χ0n) is 14.8. The summed E-state index contributed by atoms with van der Waals surface area (Å²) in [5.74, 6) is -0.941. The van der Waals surface area contributed by atoms with Crippen LogP contribution < -0.4 is 4.74 Å². The fraction of sp³-hybridized carbons (Fsp3) is 0.150. The number of aliphatic carboxylic acids is 1. The second-order valence-electron chi connectivity index (χ2n) is 5.82. The number of thioether (sulfide) groups is 1. The fourth-order valence-electron chi connectivity index (χ4n) is 2.80. The number of nitrogens with zero attached hydrogens (tertiary/aromatic N) is 1. The first-order valence-corrected chi connectivity index (χ1v) is 10.4. The smallest absolute Gasteiger partial charge is 0.331 e. The molecule has 1 heterocycles. The van der Waals surface area contributed by atoms with E-state index in [2.05, 4.69) is 15.9 Å². The molecule has 5 nitrogen and oxygen atoms in total. The maximum Gasteiger partial charge on any atom is 0.331 e. The van der Waals surface area contributed by atoms with Gasteiger partial charge >= 0.3 is 5.97 Å². The molecule has 0 saturated carbocycles. The molecule has 0 bridgehead atoms. The molecule has 1 amide bonds. The van der Waals surface area contributed by atoms with Gasteiger partial charge in [-0.25, -0.2) is 4.79 Å². The summed E-state index contributed by atoms with van der Waals surface area (Å²) in [4.78, 5) is 26.5. The summed E-state index contributed by atoms with van der Waals surface area (Å²) in [6, 6.07) is 12.9. The number of rotatable bonds is 6. The van der Waals surface area contributed by atoms with Gasteiger partial charge in [-0.2, -0.15) is 0 Å². The largest absolute Gasteiger partial charge is 0.493 e. The number of halogens is 1. The van der Waals surface area contributed by atoms with Crippen LogP contribution in [0.15, 0.2) is 57.9 Å². The van der Waals surface area contributed by atoms with Crippen molar-refractivity contribution in [3.8, 4) is 5.75 Å². The highest BCUT2D eigenvalue weighted by atomic mass is 79.9. The van der Waals surface area contributed by atoms with Crippen molar-refractivity contribution in [1.82, 2.24) is 4.90 Å². The lowest BCUT2D eigenvalue weighted by Gasteiger charge is -2.23. The van der Waals surface area contributed by atoms with Crippen LogP contribution in [-0.2, 0) is 9.59 Å². The minimum absolute atomic E-state index is 0.209. The number of thiocarbonyl (C=S) groups is 1. The average Bonchev–Trinajstić information content (AvgIpc) is 2.93. The van der Waals surface area contributed by atoms with E-state index in [9.17, 15) is 14.7 Å². The number of hydrogen-bond donors (Lipinski definition) is 1. The van der Waals surface area contributed by atoms with Crippen molar-refractivity contribution < 1.29 is 19.4 Å². The monoisotopic (exact) mass is 477 g/mol. The molecule has 1 aliphatic rings. The van der Waals surface area contributed by atoms with Crippen molar-refractivity contribution in [1.29, 1.82) is 0 Å². The standard InChI is InChI=1S/C20H16BrNO4S2/c1-2-26-15-9-8-14(21)10-13(15)11-16-18(23)22(20(27)28-16)17(19(24)25)12-6-4-3-5-7-12/h3-11,17H,2H2,1H3,(H,24,25)/b16-11+. The highest BCUT2D eigenvalue weighted by Gasteiger charge is 2.41. The quantitative estimate of drug-likeness (QED) is 0.472. The first-order valence-electron chi connectivity index (χ1n) is 8.39. The maximum atomic E-state index is 13.0. The second-order valence-corrected chi connectivity index (χ2v) is 8.41. The minimum Gasteiger partial charge on any atom is -0.493 e. The molecule has 3 rings (SSSR count). The Bertz CT molecular complexity index is 962. The minimum atomic E-state index is -1.17. The lowest BCUT2D eigenvalue weighted by atomic mass is 10.1. The number of carboxylic acid groups (broad SMARTS) is 1. The molecule has 0 spiro atoms. The third-order valence-corrected chi connectivity index (χ3v) is 5.81. The molecule has 28 heavy (non-hydrogen) atoms. The van der Waals surface area contributed by atoms with E-state index in [0.29, 0.717) is 28.4 Å². The van der Waals surface area contributed by atoms with Crippen LogP contribution in [0.2, 0.25) is 0 Å². The van der Waals surface area contributed by atoms with Crippen LogP contribution >= 0.6 is 39.9 Å². The highest BCUT2D eigenvalue weighted by Crippen LogP contribution is 2.39. The zero-order valence-corrected chi connectivity index (χ0v) is 18.0. The number of benzene rings is 2. The van der Waals surface area contributed by atoms with Gasteiger partial charge in [0.1, 0.15) is 10.1 Å². The van der Waals surface area contributed by atoms with Crippen LogP contribution in [0.3, 0.4) is 0 Å². The van der Waals surface area contributed by atoms with Gasteiger partial charge in [0.15, 0.2) is 6.04 Å². The number of carbonyl (C=O) groups excluding carboxylic acids is 1. The van der Waals surface area contributed by atoms with E-state index >= 15 is 0 Å². The molecule has 1 unspecified atom stereocenters. The molecule has 1 saturated heterocycles. The van der Waals surface area contributed by atoms with Crippen molar-refractivity contribution in [3.05, 3.63) is 69.0 Å². The molecule has 144 valence electrons. The summed E-state index contributed by atoms with van der Waals surface area (Å²) < 4.78 is 6.67. The van der Waals surface area contributed by atoms with Crippen molar-refractivity contribution in [2.24, 2.45) is 0 Å². The van der Waals surface area contributed by atoms with Gasteiger partial charge in [-0.15, -0.1) is 0 Å². The van der Waals surface area contributed by atoms with E-state index in [0.717, 1.165) is 21.1 Å². The van der Waals surface area contributed by atoms with Crippen LogP contribution in [0.1, 0.15) is 24.1 Å². The highest BCUT2D eigenvalue weighted by molar-refractivity contribution is 9.10.